The summed E-state index contributed by atoms with van der Waals surface area (Å²) in [6.07, 6.45) is 2.38. The van der Waals surface area contributed by atoms with E-state index in [4.69, 9.17) is 0 Å². The highest BCUT2D eigenvalue weighted by Gasteiger charge is 2.38. The number of carboxylic acids is 1. The predicted molar refractivity (Wildman–Crippen MR) is 71.6 cm³/mol. The molecule has 0 aromatic heterocycles. The molecule has 2 rings (SSSR count). The van der Waals surface area contributed by atoms with E-state index in [0.717, 1.165) is 26.2 Å². The van der Waals surface area contributed by atoms with Gasteiger partial charge >= 0.3 is 5.97 Å². The number of aliphatic carboxylic acids is 1. The van der Waals surface area contributed by atoms with Crippen LogP contribution in [0.15, 0.2) is 0 Å². The molecule has 0 spiro atoms. The topological polar surface area (TPSA) is 43.8 Å². The van der Waals surface area contributed by atoms with Crippen LogP contribution in [0.4, 0.5) is 0 Å². The van der Waals surface area contributed by atoms with Crippen molar-refractivity contribution in [2.45, 2.75) is 45.7 Å². The molecule has 2 fully saturated rings. The first kappa shape index (κ1) is 13.8. The molecule has 0 aromatic carbocycles. The van der Waals surface area contributed by atoms with Gasteiger partial charge in [0.1, 0.15) is 0 Å². The number of carbonyl (C=O) groups is 1. The Morgan fingerprint density at radius 1 is 1.22 bits per heavy atom. The second-order valence-corrected chi connectivity index (χ2v) is 6.24. The second-order valence-electron chi connectivity index (χ2n) is 6.24. The number of piperidine rings is 1. The van der Waals surface area contributed by atoms with Crippen LogP contribution in [0.2, 0.25) is 0 Å². The van der Waals surface area contributed by atoms with Crippen LogP contribution >= 0.6 is 0 Å². The number of rotatable bonds is 3. The van der Waals surface area contributed by atoms with Crippen molar-refractivity contribution in [2.75, 3.05) is 26.2 Å². The lowest BCUT2D eigenvalue weighted by Crippen LogP contribution is -2.46. The highest BCUT2D eigenvalue weighted by Crippen LogP contribution is 2.28. The molecule has 0 aliphatic carbocycles. The van der Waals surface area contributed by atoms with E-state index in [0.29, 0.717) is 18.0 Å². The number of hydrogen-bond acceptors (Lipinski definition) is 3. The largest absolute Gasteiger partial charge is 0.481 e. The summed E-state index contributed by atoms with van der Waals surface area (Å²) in [5, 5.41) is 9.18. The number of hydrogen-bond donors (Lipinski definition) is 1. The second kappa shape index (κ2) is 5.57. The van der Waals surface area contributed by atoms with Crippen molar-refractivity contribution in [3.8, 4) is 0 Å². The first-order valence-electron chi connectivity index (χ1n) is 7.20. The first-order valence-corrected chi connectivity index (χ1v) is 7.20. The van der Waals surface area contributed by atoms with E-state index in [2.05, 4.69) is 30.6 Å². The van der Waals surface area contributed by atoms with Crippen LogP contribution in [0.25, 0.3) is 0 Å². The number of nitrogens with zero attached hydrogens (tertiary/aromatic N) is 2. The quantitative estimate of drug-likeness (QED) is 0.829. The highest BCUT2D eigenvalue weighted by atomic mass is 16.4. The molecule has 4 nitrogen and oxygen atoms in total. The maximum atomic E-state index is 11.1. The minimum Gasteiger partial charge on any atom is -0.481 e. The molecule has 0 radical (unpaired) electrons. The van der Waals surface area contributed by atoms with E-state index in [1.54, 1.807) is 0 Å². The maximum Gasteiger partial charge on any atom is 0.308 e. The molecule has 18 heavy (non-hydrogen) atoms. The van der Waals surface area contributed by atoms with Gasteiger partial charge in [0.2, 0.25) is 0 Å². The van der Waals surface area contributed by atoms with Gasteiger partial charge in [-0.25, -0.2) is 0 Å². The minimum absolute atomic E-state index is 0.159. The molecule has 2 aliphatic heterocycles. The molecular formula is C14H26N2O2. The lowest BCUT2D eigenvalue weighted by Gasteiger charge is -2.38. The van der Waals surface area contributed by atoms with Crippen LogP contribution in [0.3, 0.4) is 0 Å². The molecule has 0 aromatic rings. The lowest BCUT2D eigenvalue weighted by atomic mass is 9.99. The normalized spacial score (nSPS) is 32.2. The summed E-state index contributed by atoms with van der Waals surface area (Å²) in [7, 11) is 0. The molecule has 1 N–H and O–H groups in total. The number of likely N-dealkylation sites (tertiary alicyclic amines) is 2. The maximum absolute atomic E-state index is 11.1. The van der Waals surface area contributed by atoms with E-state index in [1.165, 1.54) is 12.8 Å². The summed E-state index contributed by atoms with van der Waals surface area (Å²) in [6.45, 7) is 10.6. The third-order valence-corrected chi connectivity index (χ3v) is 4.70. The van der Waals surface area contributed by atoms with E-state index in [1.807, 2.05) is 0 Å². The average molecular weight is 254 g/mol. The molecule has 2 unspecified atom stereocenters. The van der Waals surface area contributed by atoms with E-state index >= 15 is 0 Å². The van der Waals surface area contributed by atoms with E-state index in [9.17, 15) is 9.90 Å². The molecule has 2 atom stereocenters. The predicted octanol–water partition coefficient (Wildman–Crippen LogP) is 1.51. The minimum atomic E-state index is -0.621. The van der Waals surface area contributed by atoms with Gasteiger partial charge in [-0.1, -0.05) is 6.92 Å². The van der Waals surface area contributed by atoms with Gasteiger partial charge in [-0.15, -0.1) is 0 Å². The van der Waals surface area contributed by atoms with E-state index in [-0.39, 0.29) is 5.92 Å². The Morgan fingerprint density at radius 2 is 1.83 bits per heavy atom. The van der Waals surface area contributed by atoms with Crippen LogP contribution in [0.1, 0.15) is 33.6 Å². The lowest BCUT2D eigenvalue weighted by molar-refractivity contribution is -0.142. The molecule has 2 aliphatic rings. The fourth-order valence-electron chi connectivity index (χ4n) is 3.39. The summed E-state index contributed by atoms with van der Waals surface area (Å²) in [5.41, 5.74) is 0. The van der Waals surface area contributed by atoms with Gasteiger partial charge in [-0.3, -0.25) is 9.69 Å². The Morgan fingerprint density at radius 3 is 2.28 bits per heavy atom. The van der Waals surface area contributed by atoms with Gasteiger partial charge in [0.25, 0.3) is 0 Å². The van der Waals surface area contributed by atoms with Crippen molar-refractivity contribution in [3.63, 3.8) is 0 Å². The van der Waals surface area contributed by atoms with Gasteiger partial charge in [0, 0.05) is 25.2 Å². The van der Waals surface area contributed by atoms with Gasteiger partial charge in [0.05, 0.1) is 5.92 Å². The van der Waals surface area contributed by atoms with Gasteiger partial charge in [-0.05, 0) is 45.7 Å². The zero-order chi connectivity index (χ0) is 13.3. The van der Waals surface area contributed by atoms with Crippen LogP contribution < -0.4 is 0 Å². The molecule has 4 heteroatoms. The Hall–Kier alpha value is -0.610. The molecule has 0 saturated carbocycles. The van der Waals surface area contributed by atoms with Crippen molar-refractivity contribution in [1.82, 2.24) is 9.80 Å². The van der Waals surface area contributed by atoms with Gasteiger partial charge < -0.3 is 10.0 Å². The van der Waals surface area contributed by atoms with Crippen molar-refractivity contribution < 1.29 is 9.90 Å². The van der Waals surface area contributed by atoms with Crippen molar-refractivity contribution >= 4 is 5.97 Å². The third kappa shape index (κ3) is 2.86. The molecule has 0 bridgehead atoms. The van der Waals surface area contributed by atoms with Gasteiger partial charge in [-0.2, -0.15) is 0 Å². The number of carboxylic acid groups (broad SMARTS) is 1. The molecule has 0 amide bonds. The Balaban J connectivity index is 1.86. The van der Waals surface area contributed by atoms with Crippen LogP contribution in [0.5, 0.6) is 0 Å². The van der Waals surface area contributed by atoms with Crippen molar-refractivity contribution in [1.29, 1.82) is 0 Å². The zero-order valence-electron chi connectivity index (χ0n) is 11.8. The summed E-state index contributed by atoms with van der Waals surface area (Å²) in [6, 6.07) is 1.24. The van der Waals surface area contributed by atoms with Crippen LogP contribution in [-0.4, -0.2) is 59.1 Å². The Labute approximate surface area is 110 Å². The average Bonchev–Trinajstić information content (AvgIpc) is 2.71. The fourth-order valence-corrected chi connectivity index (χ4v) is 3.39. The van der Waals surface area contributed by atoms with Crippen LogP contribution in [0, 0.1) is 11.8 Å². The third-order valence-electron chi connectivity index (χ3n) is 4.70. The smallest absolute Gasteiger partial charge is 0.308 e. The van der Waals surface area contributed by atoms with Crippen molar-refractivity contribution in [3.05, 3.63) is 0 Å². The Bertz CT molecular complexity index is 298. The molecule has 2 heterocycles. The summed E-state index contributed by atoms with van der Waals surface area (Å²) in [5.74, 6) is -0.483. The summed E-state index contributed by atoms with van der Waals surface area (Å²) in [4.78, 5) is 16.1. The fraction of sp³-hybridized carbons (Fsp3) is 0.929. The highest BCUT2D eigenvalue weighted by molar-refractivity contribution is 5.71. The Kier molecular flexibility index (Phi) is 4.28. The first-order chi connectivity index (χ1) is 8.49. The van der Waals surface area contributed by atoms with Crippen molar-refractivity contribution in [2.24, 2.45) is 11.8 Å². The van der Waals surface area contributed by atoms with Gasteiger partial charge in [0.15, 0.2) is 0 Å². The van der Waals surface area contributed by atoms with Crippen LogP contribution in [-0.2, 0) is 4.79 Å². The summed E-state index contributed by atoms with van der Waals surface area (Å²) < 4.78 is 0. The van der Waals surface area contributed by atoms with E-state index < -0.39 is 5.97 Å². The zero-order valence-corrected chi connectivity index (χ0v) is 11.8. The molecule has 104 valence electrons. The molecular weight excluding hydrogens is 228 g/mol. The summed E-state index contributed by atoms with van der Waals surface area (Å²) >= 11 is 0. The monoisotopic (exact) mass is 254 g/mol. The SMILES string of the molecule is CC1CN(C2CCN(C(C)C)CC2)CC1C(=O)O. The molecule has 2 saturated heterocycles. The standard InChI is InChI=1S/C14H26N2O2/c1-10(2)15-6-4-12(5-7-15)16-8-11(3)13(9-16)14(17)18/h10-13H,4-9H2,1-3H3,(H,17,18).